The fourth-order valence-corrected chi connectivity index (χ4v) is 3.69. The lowest BCUT2D eigenvalue weighted by Crippen LogP contribution is -2.43. The highest BCUT2D eigenvalue weighted by Crippen LogP contribution is 2.32. The van der Waals surface area contributed by atoms with Crippen LogP contribution < -0.4 is 10.6 Å². The van der Waals surface area contributed by atoms with Crippen molar-refractivity contribution in [1.82, 2.24) is 10.6 Å². The molecular weight excluding hydrogens is 328 g/mol. The number of amides is 2. The molecule has 1 aliphatic rings. The van der Waals surface area contributed by atoms with Crippen LogP contribution in [-0.2, 0) is 4.79 Å². The summed E-state index contributed by atoms with van der Waals surface area (Å²) < 4.78 is 5.35. The van der Waals surface area contributed by atoms with Crippen molar-refractivity contribution in [2.75, 3.05) is 6.54 Å². The van der Waals surface area contributed by atoms with Gasteiger partial charge in [-0.1, -0.05) is 30.3 Å². The van der Waals surface area contributed by atoms with E-state index >= 15 is 0 Å². The van der Waals surface area contributed by atoms with Gasteiger partial charge >= 0.3 is 0 Å². The lowest BCUT2D eigenvalue weighted by Gasteiger charge is -2.29. The summed E-state index contributed by atoms with van der Waals surface area (Å²) >= 11 is 0. The van der Waals surface area contributed by atoms with E-state index < -0.39 is 0 Å². The van der Waals surface area contributed by atoms with Crippen molar-refractivity contribution in [1.29, 1.82) is 0 Å². The van der Waals surface area contributed by atoms with Crippen LogP contribution in [0.4, 0.5) is 0 Å². The van der Waals surface area contributed by atoms with E-state index in [1.165, 1.54) is 5.56 Å². The first-order valence-electron chi connectivity index (χ1n) is 9.22. The Morgan fingerprint density at radius 1 is 1.08 bits per heavy atom. The van der Waals surface area contributed by atoms with Crippen molar-refractivity contribution in [3.63, 3.8) is 0 Å². The first-order valence-corrected chi connectivity index (χ1v) is 9.22. The molecule has 1 aliphatic carbocycles. The molecule has 1 fully saturated rings. The molecule has 2 N–H and O–H groups in total. The average molecular weight is 354 g/mol. The zero-order chi connectivity index (χ0) is 18.5. The molecule has 0 radical (unpaired) electrons. The molecule has 0 aliphatic heterocycles. The van der Waals surface area contributed by atoms with Gasteiger partial charge in [-0.2, -0.15) is 0 Å². The summed E-state index contributed by atoms with van der Waals surface area (Å²) in [5.41, 5.74) is 1.87. The summed E-state index contributed by atoms with van der Waals surface area (Å²) in [5.74, 6) is 1.42. The molecule has 5 nitrogen and oxygen atoms in total. The van der Waals surface area contributed by atoms with Crippen molar-refractivity contribution in [2.45, 2.75) is 51.5 Å². The molecule has 1 aromatic carbocycles. The minimum atomic E-state index is -0.276. The largest absolute Gasteiger partial charge is 0.466 e. The molecule has 0 spiro atoms. The molecule has 26 heavy (non-hydrogen) atoms. The number of carbonyl (C=O) groups is 2. The summed E-state index contributed by atoms with van der Waals surface area (Å²) in [7, 11) is 0. The van der Waals surface area contributed by atoms with Crippen LogP contribution in [0.5, 0.6) is 0 Å². The molecule has 2 amide bonds. The van der Waals surface area contributed by atoms with E-state index in [4.69, 9.17) is 4.42 Å². The number of rotatable bonds is 5. The van der Waals surface area contributed by atoms with E-state index in [9.17, 15) is 9.59 Å². The van der Waals surface area contributed by atoms with Crippen molar-refractivity contribution in [2.24, 2.45) is 0 Å². The lowest BCUT2D eigenvalue weighted by molar-refractivity contribution is -0.121. The summed E-state index contributed by atoms with van der Waals surface area (Å²) in [6.45, 7) is 3.52. The molecule has 0 unspecified atom stereocenters. The van der Waals surface area contributed by atoms with Crippen LogP contribution >= 0.6 is 0 Å². The van der Waals surface area contributed by atoms with Gasteiger partial charge in [-0.3, -0.25) is 9.59 Å². The highest BCUT2D eigenvalue weighted by Gasteiger charge is 2.23. The van der Waals surface area contributed by atoms with Gasteiger partial charge in [0, 0.05) is 6.04 Å². The van der Waals surface area contributed by atoms with Crippen molar-refractivity contribution in [3.8, 4) is 0 Å². The van der Waals surface area contributed by atoms with Crippen molar-refractivity contribution in [3.05, 3.63) is 59.0 Å². The van der Waals surface area contributed by atoms with E-state index in [2.05, 4.69) is 34.9 Å². The summed E-state index contributed by atoms with van der Waals surface area (Å²) in [5, 5.41) is 5.71. The Morgan fingerprint density at radius 3 is 2.38 bits per heavy atom. The van der Waals surface area contributed by atoms with E-state index in [-0.39, 0.29) is 24.4 Å². The second kappa shape index (κ2) is 8.21. The topological polar surface area (TPSA) is 71.3 Å². The van der Waals surface area contributed by atoms with Crippen LogP contribution in [0.15, 0.2) is 40.8 Å². The molecule has 0 atom stereocenters. The molecule has 5 heteroatoms. The number of benzene rings is 1. The second-order valence-corrected chi connectivity index (χ2v) is 7.04. The predicted octanol–water partition coefficient (Wildman–Crippen LogP) is 3.47. The number of hydrogen-bond acceptors (Lipinski definition) is 3. The fourth-order valence-electron chi connectivity index (χ4n) is 3.69. The van der Waals surface area contributed by atoms with Crippen LogP contribution in [0.2, 0.25) is 0 Å². The van der Waals surface area contributed by atoms with E-state index in [1.54, 1.807) is 19.9 Å². The highest BCUT2D eigenvalue weighted by atomic mass is 16.3. The van der Waals surface area contributed by atoms with Crippen LogP contribution in [0, 0.1) is 13.8 Å². The van der Waals surface area contributed by atoms with Crippen LogP contribution in [0.3, 0.4) is 0 Å². The maximum Gasteiger partial charge on any atom is 0.255 e. The Labute approximate surface area is 154 Å². The Morgan fingerprint density at radius 2 is 1.77 bits per heavy atom. The highest BCUT2D eigenvalue weighted by molar-refractivity contribution is 5.97. The predicted molar refractivity (Wildman–Crippen MR) is 100 cm³/mol. The number of hydrogen-bond donors (Lipinski definition) is 2. The maximum absolute atomic E-state index is 12.1. The van der Waals surface area contributed by atoms with E-state index in [0.29, 0.717) is 23.0 Å². The number of furan rings is 1. The minimum Gasteiger partial charge on any atom is -0.466 e. The van der Waals surface area contributed by atoms with Gasteiger partial charge in [0.2, 0.25) is 5.91 Å². The number of nitrogens with one attached hydrogen (secondary N) is 2. The summed E-state index contributed by atoms with van der Waals surface area (Å²) in [4.78, 5) is 24.3. The van der Waals surface area contributed by atoms with Gasteiger partial charge in [-0.25, -0.2) is 0 Å². The van der Waals surface area contributed by atoms with Gasteiger partial charge in [-0.15, -0.1) is 0 Å². The van der Waals surface area contributed by atoms with Gasteiger partial charge in [0.05, 0.1) is 12.1 Å². The zero-order valence-electron chi connectivity index (χ0n) is 15.4. The first kappa shape index (κ1) is 18.2. The Bertz CT molecular complexity index is 759. The van der Waals surface area contributed by atoms with Crippen LogP contribution in [0.1, 0.15) is 59.0 Å². The van der Waals surface area contributed by atoms with Crippen molar-refractivity contribution < 1.29 is 14.0 Å². The van der Waals surface area contributed by atoms with Crippen molar-refractivity contribution >= 4 is 11.8 Å². The van der Waals surface area contributed by atoms with E-state index in [1.807, 2.05) is 6.07 Å². The number of aryl methyl sites for hydroxylation is 2. The zero-order valence-corrected chi connectivity index (χ0v) is 15.4. The molecule has 2 aromatic rings. The summed E-state index contributed by atoms with van der Waals surface area (Å²) in [6.07, 6.45) is 4.10. The maximum atomic E-state index is 12.1. The average Bonchev–Trinajstić information content (AvgIpc) is 2.99. The third-order valence-electron chi connectivity index (χ3n) is 5.06. The Kier molecular flexibility index (Phi) is 5.76. The quantitative estimate of drug-likeness (QED) is 0.864. The van der Waals surface area contributed by atoms with Gasteiger partial charge in [0.25, 0.3) is 5.91 Å². The number of carbonyl (C=O) groups excluding carboxylic acids is 2. The van der Waals surface area contributed by atoms with Gasteiger partial charge < -0.3 is 15.1 Å². The molecular formula is C21H26N2O3. The normalized spacial score (nSPS) is 19.8. The molecule has 0 saturated heterocycles. The Balaban J connectivity index is 1.42. The van der Waals surface area contributed by atoms with Gasteiger partial charge in [0.1, 0.15) is 11.5 Å². The van der Waals surface area contributed by atoms with E-state index in [0.717, 1.165) is 25.7 Å². The molecule has 3 rings (SSSR count). The monoisotopic (exact) mass is 354 g/mol. The molecule has 0 bridgehead atoms. The SMILES string of the molecule is Cc1cc(C(=O)NCC(=O)NC2CCC(c3ccccc3)CC2)c(C)o1. The van der Waals surface area contributed by atoms with Gasteiger partial charge in [0.15, 0.2) is 0 Å². The van der Waals surface area contributed by atoms with Crippen LogP contribution in [0.25, 0.3) is 0 Å². The molecule has 138 valence electrons. The smallest absolute Gasteiger partial charge is 0.255 e. The molecule has 1 aromatic heterocycles. The van der Waals surface area contributed by atoms with Crippen LogP contribution in [-0.4, -0.2) is 24.4 Å². The Hall–Kier alpha value is -2.56. The minimum absolute atomic E-state index is 0.0128. The lowest BCUT2D eigenvalue weighted by atomic mass is 9.82. The summed E-state index contributed by atoms with van der Waals surface area (Å²) in [6, 6.07) is 12.4. The standard InChI is InChI=1S/C21H26N2O3/c1-14-12-19(15(2)26-14)21(25)22-13-20(24)23-18-10-8-17(9-11-18)16-6-4-3-5-7-16/h3-7,12,17-18H,8-11,13H2,1-2H3,(H,22,25)(H,23,24). The second-order valence-electron chi connectivity index (χ2n) is 7.04. The third kappa shape index (κ3) is 4.54. The molecule has 1 saturated carbocycles. The first-order chi connectivity index (χ1) is 12.5. The fraction of sp³-hybridized carbons (Fsp3) is 0.429. The third-order valence-corrected chi connectivity index (χ3v) is 5.06. The molecule has 1 heterocycles. The van der Waals surface area contributed by atoms with Gasteiger partial charge in [-0.05, 0) is 57.1 Å².